The van der Waals surface area contributed by atoms with Crippen molar-refractivity contribution in [2.45, 2.75) is 117 Å². The maximum atomic E-state index is 12.7. The number of carbonyl (C=O) groups is 4. The quantitative estimate of drug-likeness (QED) is 0.187. The van der Waals surface area contributed by atoms with Crippen molar-refractivity contribution >= 4 is 23.9 Å². The maximum absolute atomic E-state index is 12.7. The van der Waals surface area contributed by atoms with Crippen LogP contribution in [0.4, 0.5) is 4.79 Å². The third kappa shape index (κ3) is 17.7. The van der Waals surface area contributed by atoms with Crippen molar-refractivity contribution in [2.24, 2.45) is 11.7 Å². The zero-order valence-corrected chi connectivity index (χ0v) is 22.8. The van der Waals surface area contributed by atoms with Crippen LogP contribution in [0.1, 0.15) is 93.9 Å². The number of nitrogens with two attached hydrogens (primary N) is 1. The number of ether oxygens (including phenoxy) is 3. The Morgan fingerprint density at radius 1 is 0.771 bits per heavy atom. The van der Waals surface area contributed by atoms with Gasteiger partial charge in [0.05, 0.1) is 6.61 Å². The molecule has 0 fully saturated rings. The summed E-state index contributed by atoms with van der Waals surface area (Å²) in [5.41, 5.74) is 4.17. The monoisotopic (exact) mass is 501 g/mol. The third-order valence-corrected chi connectivity index (χ3v) is 4.39. The Morgan fingerprint density at radius 3 is 1.77 bits per heavy atom. The average Bonchev–Trinajstić information content (AvgIpc) is 2.67. The molecule has 4 N–H and O–H groups in total. The first-order valence-electron chi connectivity index (χ1n) is 12.4. The number of rotatable bonds is 14. The third-order valence-electron chi connectivity index (χ3n) is 4.39. The molecule has 0 heterocycles. The molecular weight excluding hydrogens is 454 g/mol. The van der Waals surface area contributed by atoms with Crippen molar-refractivity contribution < 1.29 is 33.4 Å². The van der Waals surface area contributed by atoms with Gasteiger partial charge in [-0.25, -0.2) is 14.4 Å². The van der Waals surface area contributed by atoms with Gasteiger partial charge in [-0.1, -0.05) is 13.8 Å². The number of nitrogens with one attached hydrogen (secondary N) is 2. The maximum Gasteiger partial charge on any atom is 0.329 e. The van der Waals surface area contributed by atoms with Crippen LogP contribution in [0.2, 0.25) is 0 Å². The molecule has 0 aliphatic heterocycles. The number of unbranched alkanes of at least 4 members (excludes halogenated alkanes) is 1. The second kappa shape index (κ2) is 15.6. The molecule has 10 nitrogen and oxygen atoms in total. The smallest absolute Gasteiger partial charge is 0.329 e. The van der Waals surface area contributed by atoms with Crippen molar-refractivity contribution in [3.05, 3.63) is 0 Å². The first-order chi connectivity index (χ1) is 16.0. The van der Waals surface area contributed by atoms with Crippen LogP contribution in [0, 0.1) is 5.92 Å². The molecule has 0 radical (unpaired) electrons. The highest BCUT2D eigenvalue weighted by Gasteiger charge is 2.29. The molecule has 2 amide bonds. The molecule has 0 bridgehead atoms. The van der Waals surface area contributed by atoms with Gasteiger partial charge < -0.3 is 30.6 Å². The Hall–Kier alpha value is -2.36. The van der Waals surface area contributed by atoms with E-state index < -0.39 is 47.2 Å². The van der Waals surface area contributed by atoms with E-state index in [4.69, 9.17) is 19.9 Å². The Morgan fingerprint density at radius 2 is 1.29 bits per heavy atom. The summed E-state index contributed by atoms with van der Waals surface area (Å²) in [6.07, 6.45) is 2.24. The summed E-state index contributed by atoms with van der Waals surface area (Å²) in [5, 5.41) is 5.21. The van der Waals surface area contributed by atoms with Crippen LogP contribution in [-0.4, -0.2) is 60.4 Å². The largest absolute Gasteiger partial charge is 0.464 e. The summed E-state index contributed by atoms with van der Waals surface area (Å²) in [6.45, 7) is 15.0. The summed E-state index contributed by atoms with van der Waals surface area (Å²) in [4.78, 5) is 50.0. The predicted octanol–water partition coefficient (Wildman–Crippen LogP) is 3.20. The highest BCUT2D eigenvalue weighted by atomic mass is 16.6. The number of urea groups is 1. The molecule has 0 saturated heterocycles. The van der Waals surface area contributed by atoms with Gasteiger partial charge in [-0.2, -0.15) is 0 Å². The Balaban J connectivity index is 5.22. The topological polar surface area (TPSA) is 146 Å². The SMILES string of the molecule is CC(C)COC(=O)[C@H](CCCCN)NC(=O)N[C@@H](CCCC(=O)OC(C)(C)C)C(=O)OC(C)(C)C. The molecule has 0 aliphatic carbocycles. The van der Waals surface area contributed by atoms with E-state index in [0.29, 0.717) is 32.2 Å². The van der Waals surface area contributed by atoms with Crippen molar-refractivity contribution in [1.29, 1.82) is 0 Å². The summed E-state index contributed by atoms with van der Waals surface area (Å²) in [6, 6.07) is -2.58. The van der Waals surface area contributed by atoms with E-state index in [0.717, 1.165) is 0 Å². The van der Waals surface area contributed by atoms with Crippen molar-refractivity contribution in [3.63, 3.8) is 0 Å². The predicted molar refractivity (Wildman–Crippen MR) is 133 cm³/mol. The molecule has 35 heavy (non-hydrogen) atoms. The van der Waals surface area contributed by atoms with E-state index in [1.54, 1.807) is 41.5 Å². The molecule has 0 aromatic rings. The van der Waals surface area contributed by atoms with Crippen LogP contribution in [-0.2, 0) is 28.6 Å². The highest BCUT2D eigenvalue weighted by Crippen LogP contribution is 2.14. The minimum atomic E-state index is -1.01. The van der Waals surface area contributed by atoms with E-state index in [1.807, 2.05) is 13.8 Å². The van der Waals surface area contributed by atoms with Crippen LogP contribution in [0.25, 0.3) is 0 Å². The van der Waals surface area contributed by atoms with Crippen molar-refractivity contribution in [3.8, 4) is 0 Å². The summed E-state index contributed by atoms with van der Waals surface area (Å²) >= 11 is 0. The average molecular weight is 502 g/mol. The molecule has 0 aromatic carbocycles. The minimum Gasteiger partial charge on any atom is -0.464 e. The van der Waals surface area contributed by atoms with Crippen molar-refractivity contribution in [2.75, 3.05) is 13.2 Å². The van der Waals surface area contributed by atoms with Gasteiger partial charge in [-0.05, 0) is 86.1 Å². The number of hydrogen-bond acceptors (Lipinski definition) is 8. The summed E-state index contributed by atoms with van der Waals surface area (Å²) in [5.74, 6) is -1.40. The highest BCUT2D eigenvalue weighted by molar-refractivity contribution is 5.87. The van der Waals surface area contributed by atoms with Crippen molar-refractivity contribution in [1.82, 2.24) is 10.6 Å². The molecule has 0 rings (SSSR count). The fourth-order valence-electron chi connectivity index (χ4n) is 2.91. The Kier molecular flexibility index (Phi) is 14.5. The van der Waals surface area contributed by atoms with Gasteiger partial charge >= 0.3 is 23.9 Å². The van der Waals surface area contributed by atoms with Gasteiger partial charge in [0, 0.05) is 6.42 Å². The fourth-order valence-corrected chi connectivity index (χ4v) is 2.91. The second-order valence-corrected chi connectivity index (χ2v) is 11.0. The zero-order valence-electron chi connectivity index (χ0n) is 22.8. The van der Waals surface area contributed by atoms with Gasteiger partial charge in [-0.3, -0.25) is 4.79 Å². The van der Waals surface area contributed by atoms with Gasteiger partial charge in [-0.15, -0.1) is 0 Å². The lowest BCUT2D eigenvalue weighted by atomic mass is 10.1. The Labute approximate surface area is 210 Å². The van der Waals surface area contributed by atoms with E-state index >= 15 is 0 Å². The first-order valence-corrected chi connectivity index (χ1v) is 12.4. The molecule has 10 heteroatoms. The van der Waals surface area contributed by atoms with Gasteiger partial charge in [0.15, 0.2) is 0 Å². The lowest BCUT2D eigenvalue weighted by molar-refractivity contribution is -0.159. The van der Waals surface area contributed by atoms with E-state index in [-0.39, 0.29) is 25.4 Å². The molecule has 0 aliphatic rings. The lowest BCUT2D eigenvalue weighted by Crippen LogP contribution is -2.52. The number of amides is 2. The first kappa shape index (κ1) is 32.6. The molecule has 0 spiro atoms. The zero-order chi connectivity index (χ0) is 27.2. The lowest BCUT2D eigenvalue weighted by Gasteiger charge is -2.26. The van der Waals surface area contributed by atoms with E-state index in [9.17, 15) is 19.2 Å². The minimum absolute atomic E-state index is 0.0864. The van der Waals surface area contributed by atoms with E-state index in [1.165, 1.54) is 0 Å². The molecular formula is C25H47N3O7. The second-order valence-electron chi connectivity index (χ2n) is 11.0. The molecule has 204 valence electrons. The molecule has 0 aromatic heterocycles. The van der Waals surface area contributed by atoms with Crippen LogP contribution < -0.4 is 16.4 Å². The summed E-state index contributed by atoms with van der Waals surface area (Å²) < 4.78 is 16.0. The number of esters is 3. The van der Waals surface area contributed by atoms with Crippen LogP contribution in [0.15, 0.2) is 0 Å². The Bertz CT molecular complexity index is 682. The standard InChI is InChI=1S/C25H47N3O7/c1-17(2)16-33-21(30)18(12-9-10-15-26)27-23(32)28-19(22(31)35-25(6,7)8)13-11-14-20(29)34-24(3,4)5/h17-19H,9-16,26H2,1-8H3,(H2,27,28,32)/t18-,19-/m0/s1. The van der Waals surface area contributed by atoms with E-state index in [2.05, 4.69) is 10.6 Å². The fraction of sp³-hybridized carbons (Fsp3) is 0.840. The van der Waals surface area contributed by atoms with Gasteiger partial charge in [0.2, 0.25) is 0 Å². The number of carbonyl (C=O) groups excluding carboxylic acids is 4. The van der Waals surface area contributed by atoms with Gasteiger partial charge in [0.1, 0.15) is 23.3 Å². The molecule has 0 saturated carbocycles. The van der Waals surface area contributed by atoms with Crippen LogP contribution in [0.5, 0.6) is 0 Å². The molecule has 2 atom stereocenters. The summed E-state index contributed by atoms with van der Waals surface area (Å²) in [7, 11) is 0. The number of hydrogen-bond donors (Lipinski definition) is 3. The van der Waals surface area contributed by atoms with Crippen LogP contribution >= 0.6 is 0 Å². The van der Waals surface area contributed by atoms with Gasteiger partial charge in [0.25, 0.3) is 0 Å². The van der Waals surface area contributed by atoms with Crippen LogP contribution in [0.3, 0.4) is 0 Å². The normalized spacial score (nSPS) is 13.5. The molecule has 0 unspecified atom stereocenters.